The SMILES string of the molecule is CNS(=O)(=O)c1cc(C(=O)OCC(=O)Nc2ccc(C(=O)OC(C)C)cc2)ccc1Cl. The van der Waals surface area contributed by atoms with Crippen molar-refractivity contribution in [3.63, 3.8) is 0 Å². The molecule has 9 nitrogen and oxygen atoms in total. The van der Waals surface area contributed by atoms with Crippen LogP contribution in [-0.2, 0) is 24.3 Å². The molecule has 31 heavy (non-hydrogen) atoms. The zero-order valence-electron chi connectivity index (χ0n) is 17.0. The Labute approximate surface area is 184 Å². The number of amides is 1. The number of sulfonamides is 1. The van der Waals surface area contributed by atoms with Gasteiger partial charge in [-0.2, -0.15) is 0 Å². The predicted octanol–water partition coefficient (Wildman–Crippen LogP) is 2.61. The quantitative estimate of drug-likeness (QED) is 0.570. The molecule has 0 aliphatic carbocycles. The normalized spacial score (nSPS) is 11.1. The molecule has 0 radical (unpaired) electrons. The zero-order valence-corrected chi connectivity index (χ0v) is 18.5. The molecule has 0 bridgehead atoms. The molecule has 0 aliphatic heterocycles. The number of nitrogens with one attached hydrogen (secondary N) is 2. The van der Waals surface area contributed by atoms with Crippen molar-refractivity contribution in [2.24, 2.45) is 0 Å². The van der Waals surface area contributed by atoms with E-state index in [4.69, 9.17) is 21.1 Å². The van der Waals surface area contributed by atoms with Crippen molar-refractivity contribution < 1.29 is 32.3 Å². The lowest BCUT2D eigenvalue weighted by molar-refractivity contribution is -0.119. The van der Waals surface area contributed by atoms with Crippen LogP contribution in [0.3, 0.4) is 0 Å². The van der Waals surface area contributed by atoms with Gasteiger partial charge in [-0.15, -0.1) is 0 Å². The molecule has 0 fully saturated rings. The third-order valence-corrected chi connectivity index (χ3v) is 5.70. The van der Waals surface area contributed by atoms with E-state index in [2.05, 4.69) is 10.0 Å². The van der Waals surface area contributed by atoms with Gasteiger partial charge in [-0.3, -0.25) is 4.79 Å². The van der Waals surface area contributed by atoms with E-state index in [0.29, 0.717) is 11.3 Å². The van der Waals surface area contributed by atoms with Gasteiger partial charge in [0.15, 0.2) is 6.61 Å². The molecule has 2 rings (SSSR count). The number of rotatable bonds is 8. The fraction of sp³-hybridized carbons (Fsp3) is 0.250. The first kappa shape index (κ1) is 24.3. The molecule has 0 aromatic heterocycles. The number of ether oxygens (including phenoxy) is 2. The molecular weight excluding hydrogens is 448 g/mol. The third kappa shape index (κ3) is 6.78. The third-order valence-electron chi connectivity index (χ3n) is 3.81. The Morgan fingerprint density at radius 3 is 2.19 bits per heavy atom. The number of carbonyl (C=O) groups is 3. The Morgan fingerprint density at radius 1 is 1.00 bits per heavy atom. The monoisotopic (exact) mass is 468 g/mol. The average Bonchev–Trinajstić information content (AvgIpc) is 2.72. The first-order chi connectivity index (χ1) is 14.5. The second-order valence-corrected chi connectivity index (χ2v) is 8.77. The van der Waals surface area contributed by atoms with E-state index >= 15 is 0 Å². The van der Waals surface area contributed by atoms with E-state index in [9.17, 15) is 22.8 Å². The highest BCUT2D eigenvalue weighted by atomic mass is 35.5. The molecule has 2 aromatic carbocycles. The summed E-state index contributed by atoms with van der Waals surface area (Å²) in [4.78, 5) is 35.7. The topological polar surface area (TPSA) is 128 Å². The van der Waals surface area contributed by atoms with Crippen molar-refractivity contribution in [2.45, 2.75) is 24.8 Å². The Morgan fingerprint density at radius 2 is 1.61 bits per heavy atom. The summed E-state index contributed by atoms with van der Waals surface area (Å²) in [5.74, 6) is -2.00. The maximum absolute atomic E-state index is 12.2. The van der Waals surface area contributed by atoms with Gasteiger partial charge in [0.2, 0.25) is 10.0 Å². The fourth-order valence-electron chi connectivity index (χ4n) is 2.33. The van der Waals surface area contributed by atoms with E-state index < -0.39 is 34.5 Å². The lowest BCUT2D eigenvalue weighted by Crippen LogP contribution is -2.22. The summed E-state index contributed by atoms with van der Waals surface area (Å²) < 4.78 is 36.0. The molecule has 0 saturated carbocycles. The van der Waals surface area contributed by atoms with Crippen LogP contribution in [0.5, 0.6) is 0 Å². The van der Waals surface area contributed by atoms with Crippen molar-refractivity contribution in [3.8, 4) is 0 Å². The van der Waals surface area contributed by atoms with Crippen molar-refractivity contribution in [1.29, 1.82) is 0 Å². The highest BCUT2D eigenvalue weighted by Gasteiger charge is 2.19. The molecule has 0 spiro atoms. The van der Waals surface area contributed by atoms with Gasteiger partial charge in [0.25, 0.3) is 5.91 Å². The van der Waals surface area contributed by atoms with Gasteiger partial charge in [-0.05, 0) is 63.4 Å². The molecule has 2 aromatic rings. The Balaban J connectivity index is 1.96. The van der Waals surface area contributed by atoms with Crippen molar-refractivity contribution in [2.75, 3.05) is 19.0 Å². The van der Waals surface area contributed by atoms with E-state index in [1.54, 1.807) is 13.8 Å². The van der Waals surface area contributed by atoms with Crippen LogP contribution in [0.2, 0.25) is 5.02 Å². The zero-order chi connectivity index (χ0) is 23.2. The number of hydrogen-bond donors (Lipinski definition) is 2. The lowest BCUT2D eigenvalue weighted by atomic mass is 10.2. The first-order valence-electron chi connectivity index (χ1n) is 9.04. The molecule has 0 saturated heterocycles. The number of hydrogen-bond acceptors (Lipinski definition) is 7. The Kier molecular flexibility index (Phi) is 8.14. The van der Waals surface area contributed by atoms with Crippen LogP contribution in [0.25, 0.3) is 0 Å². The molecular formula is C20H21ClN2O7S. The van der Waals surface area contributed by atoms with Crippen molar-refractivity contribution in [3.05, 3.63) is 58.6 Å². The van der Waals surface area contributed by atoms with Gasteiger partial charge in [-0.1, -0.05) is 11.6 Å². The van der Waals surface area contributed by atoms with Crippen LogP contribution in [0.1, 0.15) is 34.6 Å². The Hall–Kier alpha value is -2.95. The predicted molar refractivity (Wildman–Crippen MR) is 114 cm³/mol. The molecule has 11 heteroatoms. The van der Waals surface area contributed by atoms with Gasteiger partial charge < -0.3 is 14.8 Å². The molecule has 166 valence electrons. The van der Waals surface area contributed by atoms with Crippen LogP contribution >= 0.6 is 11.6 Å². The smallest absolute Gasteiger partial charge is 0.338 e. The minimum atomic E-state index is -3.88. The summed E-state index contributed by atoms with van der Waals surface area (Å²) >= 11 is 5.87. The summed E-state index contributed by atoms with van der Waals surface area (Å²) in [6.45, 7) is 2.86. The molecule has 0 atom stereocenters. The summed E-state index contributed by atoms with van der Waals surface area (Å²) in [6, 6.07) is 9.58. The van der Waals surface area contributed by atoms with Crippen LogP contribution < -0.4 is 10.0 Å². The number of anilines is 1. The summed E-state index contributed by atoms with van der Waals surface area (Å²) in [6.07, 6.45) is -0.253. The second-order valence-electron chi connectivity index (χ2n) is 6.51. The minimum absolute atomic E-state index is 0.0654. The van der Waals surface area contributed by atoms with Crippen molar-refractivity contribution in [1.82, 2.24) is 4.72 Å². The number of benzene rings is 2. The largest absolute Gasteiger partial charge is 0.459 e. The molecule has 0 unspecified atom stereocenters. The highest BCUT2D eigenvalue weighted by molar-refractivity contribution is 7.89. The summed E-state index contributed by atoms with van der Waals surface area (Å²) in [7, 11) is -2.67. The van der Waals surface area contributed by atoms with Gasteiger partial charge in [0, 0.05) is 5.69 Å². The van der Waals surface area contributed by atoms with Crippen LogP contribution in [-0.4, -0.2) is 46.0 Å². The van der Waals surface area contributed by atoms with Crippen LogP contribution in [0.4, 0.5) is 5.69 Å². The number of halogens is 1. The van der Waals surface area contributed by atoms with Crippen molar-refractivity contribution >= 4 is 45.2 Å². The Bertz CT molecular complexity index is 1080. The van der Waals surface area contributed by atoms with E-state index in [-0.39, 0.29) is 21.6 Å². The standard InChI is InChI=1S/C20H21ClN2O7S/c1-12(2)30-20(26)13-4-7-15(8-5-13)23-18(24)11-29-19(25)14-6-9-16(21)17(10-14)31(27,28)22-3/h4-10,12,22H,11H2,1-3H3,(H,23,24). The highest BCUT2D eigenvalue weighted by Crippen LogP contribution is 2.22. The molecule has 1 amide bonds. The van der Waals surface area contributed by atoms with Gasteiger partial charge in [-0.25, -0.2) is 22.7 Å². The molecule has 2 N–H and O–H groups in total. The number of carbonyl (C=O) groups excluding carboxylic acids is 3. The van der Waals surface area contributed by atoms with E-state index in [0.717, 1.165) is 6.07 Å². The molecule has 0 aliphatic rings. The summed E-state index contributed by atoms with van der Waals surface area (Å²) in [5.41, 5.74) is 0.628. The maximum atomic E-state index is 12.2. The van der Waals surface area contributed by atoms with E-state index in [1.165, 1.54) is 43.4 Å². The van der Waals surface area contributed by atoms with Gasteiger partial charge in [0.1, 0.15) is 4.90 Å². The number of esters is 2. The second kappa shape index (κ2) is 10.4. The van der Waals surface area contributed by atoms with Crippen LogP contribution in [0.15, 0.2) is 47.4 Å². The van der Waals surface area contributed by atoms with Gasteiger partial charge in [0.05, 0.1) is 22.3 Å². The minimum Gasteiger partial charge on any atom is -0.459 e. The average molecular weight is 469 g/mol. The fourth-order valence-corrected chi connectivity index (χ4v) is 3.58. The first-order valence-corrected chi connectivity index (χ1v) is 10.9. The van der Waals surface area contributed by atoms with E-state index in [1.807, 2.05) is 0 Å². The summed E-state index contributed by atoms with van der Waals surface area (Å²) in [5, 5.41) is 2.45. The maximum Gasteiger partial charge on any atom is 0.338 e. The van der Waals surface area contributed by atoms with Crippen LogP contribution in [0, 0.1) is 0 Å². The van der Waals surface area contributed by atoms with Gasteiger partial charge >= 0.3 is 11.9 Å². The lowest BCUT2D eigenvalue weighted by Gasteiger charge is -2.10. The molecule has 0 heterocycles.